The average molecular weight is 475 g/mol. The maximum atomic E-state index is 12.1. The van der Waals surface area contributed by atoms with E-state index in [4.69, 9.17) is 29.0 Å². The first-order valence-corrected chi connectivity index (χ1v) is 12.0. The van der Waals surface area contributed by atoms with Gasteiger partial charge in [0.1, 0.15) is 17.3 Å². The minimum atomic E-state index is -1.18. The molecular formula is C25H46O8. The van der Waals surface area contributed by atoms with E-state index in [0.717, 1.165) is 19.3 Å². The van der Waals surface area contributed by atoms with Crippen molar-refractivity contribution in [1.29, 1.82) is 0 Å². The predicted molar refractivity (Wildman–Crippen MR) is 124 cm³/mol. The van der Waals surface area contributed by atoms with Crippen LogP contribution < -0.4 is 0 Å². The fraction of sp³-hybridized carbons (Fsp3) is 0.920. The van der Waals surface area contributed by atoms with E-state index >= 15 is 0 Å². The molecular weight excluding hydrogens is 428 g/mol. The number of hydrogen-bond acceptors (Lipinski definition) is 8. The van der Waals surface area contributed by atoms with E-state index in [1.165, 1.54) is 0 Å². The van der Waals surface area contributed by atoms with Crippen molar-refractivity contribution in [3.8, 4) is 0 Å². The standard InChI is InChI=1S/C13H24O4.C12H22O4/c1-9(8-11(2,3)4)13(16-17-13)10(14)15-12(5,6)7;1-6-8-9-12(7-2,16-15-9)10(13)14-11(3,4)5/h9H,8H2,1-7H3;9H,6-8H2,1-5H3. The van der Waals surface area contributed by atoms with Gasteiger partial charge in [0.2, 0.25) is 5.60 Å². The Labute approximate surface area is 199 Å². The molecule has 2 heterocycles. The van der Waals surface area contributed by atoms with E-state index in [0.29, 0.717) is 6.42 Å². The Morgan fingerprint density at radius 2 is 1.33 bits per heavy atom. The molecule has 0 aliphatic carbocycles. The zero-order valence-electron chi connectivity index (χ0n) is 22.7. The third-order valence-corrected chi connectivity index (χ3v) is 5.17. The van der Waals surface area contributed by atoms with Gasteiger partial charge in [0, 0.05) is 5.92 Å². The molecule has 2 aliphatic rings. The zero-order chi connectivity index (χ0) is 25.9. The van der Waals surface area contributed by atoms with Crippen molar-refractivity contribution in [1.82, 2.24) is 0 Å². The molecule has 0 amide bonds. The molecule has 0 aromatic heterocycles. The zero-order valence-corrected chi connectivity index (χ0v) is 22.7. The summed E-state index contributed by atoms with van der Waals surface area (Å²) in [4.78, 5) is 44.0. The molecule has 194 valence electrons. The summed E-state index contributed by atoms with van der Waals surface area (Å²) >= 11 is 0. The second-order valence-electron chi connectivity index (χ2n) is 12.2. The predicted octanol–water partition coefficient (Wildman–Crippen LogP) is 5.67. The smallest absolute Gasteiger partial charge is 0.373 e. The van der Waals surface area contributed by atoms with Gasteiger partial charge >= 0.3 is 17.7 Å². The maximum absolute atomic E-state index is 12.1. The monoisotopic (exact) mass is 474 g/mol. The van der Waals surface area contributed by atoms with Gasteiger partial charge in [-0.15, -0.1) is 0 Å². The summed E-state index contributed by atoms with van der Waals surface area (Å²) in [5, 5.41) is 0. The summed E-state index contributed by atoms with van der Waals surface area (Å²) in [5.74, 6) is -1.95. The van der Waals surface area contributed by atoms with Gasteiger partial charge in [-0.05, 0) is 66.2 Å². The molecule has 0 N–H and O–H groups in total. The highest BCUT2D eigenvalue weighted by Gasteiger charge is 2.63. The number of rotatable bonds is 7. The van der Waals surface area contributed by atoms with Crippen LogP contribution in [0.2, 0.25) is 0 Å². The fourth-order valence-corrected chi connectivity index (χ4v) is 3.62. The van der Waals surface area contributed by atoms with E-state index in [-0.39, 0.29) is 23.4 Å². The highest BCUT2D eigenvalue weighted by molar-refractivity contribution is 5.81. The van der Waals surface area contributed by atoms with E-state index in [1.54, 1.807) is 0 Å². The summed E-state index contributed by atoms with van der Waals surface area (Å²) < 4.78 is 10.7. The quantitative estimate of drug-likeness (QED) is 0.265. The number of hydrogen-bond donors (Lipinski definition) is 0. The van der Waals surface area contributed by atoms with E-state index in [9.17, 15) is 9.59 Å². The largest absolute Gasteiger partial charge is 0.458 e. The summed E-state index contributed by atoms with van der Waals surface area (Å²) in [6.07, 6.45) is 3.00. The SMILES string of the molecule is CC(CC(C)(C)C)C1(C(=O)OC(C)(C)C)OO1.CCCC1OOC1(CC)C(=O)OC(C)(C)C. The Morgan fingerprint density at radius 1 is 0.848 bits per heavy atom. The minimum absolute atomic E-state index is 0.0302. The van der Waals surface area contributed by atoms with Crippen LogP contribution in [0, 0.1) is 11.3 Å². The van der Waals surface area contributed by atoms with Crippen LogP contribution in [0.25, 0.3) is 0 Å². The van der Waals surface area contributed by atoms with Crippen molar-refractivity contribution < 1.29 is 38.6 Å². The van der Waals surface area contributed by atoms with Crippen LogP contribution in [-0.4, -0.2) is 40.6 Å². The van der Waals surface area contributed by atoms with Crippen LogP contribution in [0.5, 0.6) is 0 Å². The summed E-state index contributed by atoms with van der Waals surface area (Å²) in [6, 6.07) is 0. The Kier molecular flexibility index (Phi) is 9.56. The molecule has 3 unspecified atom stereocenters. The van der Waals surface area contributed by atoms with Gasteiger partial charge in [-0.2, -0.15) is 9.78 Å². The molecule has 2 rings (SSSR count). The van der Waals surface area contributed by atoms with E-state index in [1.807, 2.05) is 55.4 Å². The summed E-state index contributed by atoms with van der Waals surface area (Å²) in [7, 11) is 0. The lowest BCUT2D eigenvalue weighted by atomic mass is 9.82. The lowest BCUT2D eigenvalue weighted by molar-refractivity contribution is -0.499. The van der Waals surface area contributed by atoms with Gasteiger partial charge in [0.05, 0.1) is 0 Å². The first kappa shape index (κ1) is 29.8. The van der Waals surface area contributed by atoms with Crippen molar-refractivity contribution in [3.05, 3.63) is 0 Å². The van der Waals surface area contributed by atoms with Crippen molar-refractivity contribution in [2.24, 2.45) is 11.3 Å². The molecule has 0 spiro atoms. The second kappa shape index (κ2) is 10.6. The molecule has 8 nitrogen and oxygen atoms in total. The molecule has 8 heteroatoms. The van der Waals surface area contributed by atoms with Crippen LogP contribution >= 0.6 is 0 Å². The molecule has 3 atom stereocenters. The Bertz CT molecular complexity index is 659. The van der Waals surface area contributed by atoms with Crippen LogP contribution in [0.4, 0.5) is 0 Å². The molecule has 2 fully saturated rings. The highest BCUT2D eigenvalue weighted by Crippen LogP contribution is 2.44. The van der Waals surface area contributed by atoms with Crippen LogP contribution in [0.1, 0.15) is 109 Å². The molecule has 0 saturated carbocycles. The minimum Gasteiger partial charge on any atom is -0.458 e. The Morgan fingerprint density at radius 3 is 1.64 bits per heavy atom. The van der Waals surface area contributed by atoms with Crippen molar-refractivity contribution >= 4 is 11.9 Å². The molecule has 0 radical (unpaired) electrons. The van der Waals surface area contributed by atoms with E-state index in [2.05, 4.69) is 27.7 Å². The number of carbonyl (C=O) groups excluding carboxylic acids is 2. The number of esters is 2. The summed E-state index contributed by atoms with van der Waals surface area (Å²) in [5.41, 5.74) is -1.79. The van der Waals surface area contributed by atoms with Crippen LogP contribution in [-0.2, 0) is 38.6 Å². The fourth-order valence-electron chi connectivity index (χ4n) is 3.62. The maximum Gasteiger partial charge on any atom is 0.373 e. The third-order valence-electron chi connectivity index (χ3n) is 5.17. The Hall–Kier alpha value is -1.22. The molecule has 0 aromatic rings. The van der Waals surface area contributed by atoms with Gasteiger partial charge in [-0.3, -0.25) is 0 Å². The summed E-state index contributed by atoms with van der Waals surface area (Å²) in [6.45, 7) is 23.3. The molecule has 2 aliphatic heterocycles. The molecule has 33 heavy (non-hydrogen) atoms. The van der Waals surface area contributed by atoms with Gasteiger partial charge < -0.3 is 9.47 Å². The molecule has 0 aromatic carbocycles. The Balaban J connectivity index is 0.000000331. The van der Waals surface area contributed by atoms with Crippen LogP contribution in [0.3, 0.4) is 0 Å². The first-order valence-electron chi connectivity index (χ1n) is 12.0. The first-order chi connectivity index (χ1) is 14.8. The number of carbonyl (C=O) groups is 2. The van der Waals surface area contributed by atoms with Gasteiger partial charge in [-0.1, -0.05) is 48.0 Å². The van der Waals surface area contributed by atoms with Gasteiger partial charge in [0.15, 0.2) is 0 Å². The molecule has 2 saturated heterocycles. The normalized spacial score (nSPS) is 25.2. The van der Waals surface area contributed by atoms with Gasteiger partial charge in [-0.25, -0.2) is 19.4 Å². The topological polar surface area (TPSA) is 96.1 Å². The lowest BCUT2D eigenvalue weighted by Gasteiger charge is -2.45. The molecule has 0 bridgehead atoms. The van der Waals surface area contributed by atoms with Crippen molar-refractivity contribution in [3.63, 3.8) is 0 Å². The average Bonchev–Trinajstić information content (AvgIpc) is 3.37. The van der Waals surface area contributed by atoms with E-state index < -0.39 is 28.6 Å². The highest BCUT2D eigenvalue weighted by atomic mass is 17.4. The van der Waals surface area contributed by atoms with Crippen molar-refractivity contribution in [2.45, 2.75) is 137 Å². The van der Waals surface area contributed by atoms with Gasteiger partial charge in [0.25, 0.3) is 0 Å². The number of ether oxygens (including phenoxy) is 2. The third kappa shape index (κ3) is 8.50. The second-order valence-corrected chi connectivity index (χ2v) is 12.2. The lowest BCUT2D eigenvalue weighted by Crippen LogP contribution is -2.62. The van der Waals surface area contributed by atoms with Crippen LogP contribution in [0.15, 0.2) is 0 Å². The van der Waals surface area contributed by atoms with Crippen molar-refractivity contribution in [2.75, 3.05) is 0 Å².